The summed E-state index contributed by atoms with van der Waals surface area (Å²) in [7, 11) is 0. The molecule has 0 aromatic carbocycles. The summed E-state index contributed by atoms with van der Waals surface area (Å²) < 4.78 is 11.4. The lowest BCUT2D eigenvalue weighted by molar-refractivity contribution is -0.162. The Kier molecular flexibility index (Phi) is 30.4. The molecule has 1 rings (SSSR count). The van der Waals surface area contributed by atoms with Crippen molar-refractivity contribution in [2.75, 3.05) is 13.2 Å². The molecule has 3 atom stereocenters. The maximum atomic E-state index is 13.1. The minimum Gasteiger partial charge on any atom is -0.465 e. The van der Waals surface area contributed by atoms with Crippen molar-refractivity contribution >= 4 is 11.9 Å². The molecule has 0 aliphatic heterocycles. The van der Waals surface area contributed by atoms with E-state index in [0.29, 0.717) is 19.6 Å². The lowest BCUT2D eigenvalue weighted by atomic mass is 9.76. The van der Waals surface area contributed by atoms with Crippen molar-refractivity contribution in [2.45, 2.75) is 221 Å². The van der Waals surface area contributed by atoms with Crippen LogP contribution in [0.5, 0.6) is 0 Å². The Hall–Kier alpha value is -1.32. The number of allylic oxidation sites excluding steroid dienone is 2. The van der Waals surface area contributed by atoms with Gasteiger partial charge in [-0.25, -0.2) is 0 Å². The standard InChI is InChI=1S/C45H84O4/c1-39(2)33-28-24-20-16-12-8-6-10-14-18-22-26-30-37-48-44(46)42-36-32-35-41(5)43(42)45(47)49-38-31-27-23-19-15-11-7-9-13-17-21-25-29-34-40(3)4/h32,35,39-43H,6-31,33-34,36-38H2,1-5H3. The molecule has 3 unspecified atom stereocenters. The van der Waals surface area contributed by atoms with Crippen LogP contribution in [0.4, 0.5) is 0 Å². The maximum absolute atomic E-state index is 13.1. The van der Waals surface area contributed by atoms with Crippen molar-refractivity contribution in [3.05, 3.63) is 12.2 Å². The number of rotatable bonds is 34. The highest BCUT2D eigenvalue weighted by atomic mass is 16.5. The predicted octanol–water partition coefficient (Wildman–Crippen LogP) is 14.1. The number of hydrogen-bond acceptors (Lipinski definition) is 4. The van der Waals surface area contributed by atoms with Crippen LogP contribution in [0.1, 0.15) is 221 Å². The van der Waals surface area contributed by atoms with E-state index >= 15 is 0 Å². The van der Waals surface area contributed by atoms with Gasteiger partial charge >= 0.3 is 11.9 Å². The van der Waals surface area contributed by atoms with Gasteiger partial charge in [-0.05, 0) is 37.0 Å². The summed E-state index contributed by atoms with van der Waals surface area (Å²) in [6.45, 7) is 12.2. The Morgan fingerprint density at radius 2 is 0.796 bits per heavy atom. The van der Waals surface area contributed by atoms with E-state index < -0.39 is 11.8 Å². The van der Waals surface area contributed by atoms with E-state index in [9.17, 15) is 9.59 Å². The fourth-order valence-corrected chi connectivity index (χ4v) is 7.44. The molecule has 0 fully saturated rings. The summed E-state index contributed by atoms with van der Waals surface area (Å²) in [6, 6.07) is 0. The SMILES string of the molecule is CC(C)CCCCCCCCCCCCCCCOC(=O)C1CC=CC(C)C1C(=O)OCCCCCCCCCCCCCCCC(C)C. The second kappa shape index (κ2) is 32.6. The fraction of sp³-hybridized carbons (Fsp3) is 0.911. The summed E-state index contributed by atoms with van der Waals surface area (Å²) in [5.74, 6) is 0.413. The molecule has 0 saturated carbocycles. The zero-order valence-corrected chi connectivity index (χ0v) is 33.6. The van der Waals surface area contributed by atoms with Crippen molar-refractivity contribution in [1.29, 1.82) is 0 Å². The van der Waals surface area contributed by atoms with E-state index in [-0.39, 0.29) is 17.9 Å². The van der Waals surface area contributed by atoms with E-state index in [4.69, 9.17) is 9.47 Å². The highest BCUT2D eigenvalue weighted by Gasteiger charge is 2.40. The van der Waals surface area contributed by atoms with Crippen molar-refractivity contribution < 1.29 is 19.1 Å². The highest BCUT2D eigenvalue weighted by Crippen LogP contribution is 2.32. The Bertz CT molecular complexity index is 787. The Labute approximate surface area is 306 Å². The lowest BCUT2D eigenvalue weighted by Gasteiger charge is -2.30. The third-order valence-electron chi connectivity index (χ3n) is 10.7. The first-order valence-electron chi connectivity index (χ1n) is 21.8. The first kappa shape index (κ1) is 45.7. The zero-order chi connectivity index (χ0) is 35.8. The minimum absolute atomic E-state index is 0.00149. The van der Waals surface area contributed by atoms with E-state index in [1.807, 2.05) is 13.0 Å². The third kappa shape index (κ3) is 27.1. The topological polar surface area (TPSA) is 52.6 Å². The Balaban J connectivity index is 2.02. The first-order chi connectivity index (χ1) is 23.8. The second-order valence-electron chi connectivity index (χ2n) is 16.5. The predicted molar refractivity (Wildman–Crippen MR) is 211 cm³/mol. The summed E-state index contributed by atoms with van der Waals surface area (Å²) in [5, 5.41) is 0. The summed E-state index contributed by atoms with van der Waals surface area (Å²) in [5.41, 5.74) is 0. The van der Waals surface area contributed by atoms with Crippen LogP contribution in [0, 0.1) is 29.6 Å². The number of esters is 2. The van der Waals surface area contributed by atoms with Gasteiger partial charge < -0.3 is 9.47 Å². The minimum atomic E-state index is -0.428. The van der Waals surface area contributed by atoms with Gasteiger partial charge in [0.25, 0.3) is 0 Å². The molecule has 49 heavy (non-hydrogen) atoms. The molecule has 1 aliphatic carbocycles. The van der Waals surface area contributed by atoms with Crippen LogP contribution in [0.2, 0.25) is 0 Å². The summed E-state index contributed by atoms with van der Waals surface area (Å²) in [4.78, 5) is 26.0. The van der Waals surface area contributed by atoms with Crippen molar-refractivity contribution in [1.82, 2.24) is 0 Å². The van der Waals surface area contributed by atoms with Gasteiger partial charge in [-0.3, -0.25) is 9.59 Å². The molecule has 0 amide bonds. The molecule has 0 bridgehead atoms. The molecule has 0 heterocycles. The molecule has 0 radical (unpaired) electrons. The lowest BCUT2D eigenvalue weighted by Crippen LogP contribution is -2.38. The molecule has 0 spiro atoms. The largest absolute Gasteiger partial charge is 0.465 e. The Morgan fingerprint density at radius 3 is 1.14 bits per heavy atom. The smallest absolute Gasteiger partial charge is 0.310 e. The van der Waals surface area contributed by atoms with E-state index in [1.54, 1.807) is 0 Å². The summed E-state index contributed by atoms with van der Waals surface area (Å²) in [6.07, 6.45) is 41.4. The average Bonchev–Trinajstić information content (AvgIpc) is 3.07. The molecule has 4 nitrogen and oxygen atoms in total. The van der Waals surface area contributed by atoms with Crippen LogP contribution in [-0.2, 0) is 19.1 Å². The van der Waals surface area contributed by atoms with E-state index in [0.717, 1.165) is 37.5 Å². The van der Waals surface area contributed by atoms with Gasteiger partial charge in [0, 0.05) is 0 Å². The first-order valence-corrected chi connectivity index (χ1v) is 21.8. The number of carbonyl (C=O) groups excluding carboxylic acids is 2. The van der Waals surface area contributed by atoms with Gasteiger partial charge in [-0.15, -0.1) is 0 Å². The number of hydrogen-bond donors (Lipinski definition) is 0. The van der Waals surface area contributed by atoms with Gasteiger partial charge in [0.2, 0.25) is 0 Å². The molecule has 0 aromatic heterocycles. The fourth-order valence-electron chi connectivity index (χ4n) is 7.44. The van der Waals surface area contributed by atoms with Crippen LogP contribution in [0.25, 0.3) is 0 Å². The van der Waals surface area contributed by atoms with Crippen LogP contribution >= 0.6 is 0 Å². The summed E-state index contributed by atoms with van der Waals surface area (Å²) >= 11 is 0. The molecule has 0 N–H and O–H groups in total. The van der Waals surface area contributed by atoms with Crippen LogP contribution in [0.3, 0.4) is 0 Å². The zero-order valence-electron chi connectivity index (χ0n) is 33.6. The monoisotopic (exact) mass is 689 g/mol. The number of carbonyl (C=O) groups is 2. The van der Waals surface area contributed by atoms with Gasteiger partial charge in [0.05, 0.1) is 25.0 Å². The van der Waals surface area contributed by atoms with Gasteiger partial charge in [0.1, 0.15) is 0 Å². The van der Waals surface area contributed by atoms with E-state index in [1.165, 1.54) is 154 Å². The molecule has 1 aliphatic rings. The van der Waals surface area contributed by atoms with Crippen molar-refractivity contribution in [3.63, 3.8) is 0 Å². The van der Waals surface area contributed by atoms with Crippen LogP contribution in [0.15, 0.2) is 12.2 Å². The molecule has 4 heteroatoms. The number of ether oxygens (including phenoxy) is 2. The van der Waals surface area contributed by atoms with Gasteiger partial charge in [-0.2, -0.15) is 0 Å². The van der Waals surface area contributed by atoms with Crippen LogP contribution in [-0.4, -0.2) is 25.2 Å². The average molecular weight is 689 g/mol. The molecule has 0 saturated heterocycles. The Morgan fingerprint density at radius 1 is 0.490 bits per heavy atom. The van der Waals surface area contributed by atoms with Crippen molar-refractivity contribution in [2.24, 2.45) is 29.6 Å². The maximum Gasteiger partial charge on any atom is 0.310 e. The van der Waals surface area contributed by atoms with Gasteiger partial charge in [-0.1, -0.05) is 214 Å². The normalized spacial score (nSPS) is 17.7. The highest BCUT2D eigenvalue weighted by molar-refractivity contribution is 5.83. The quantitative estimate of drug-likeness (QED) is 0.0383. The van der Waals surface area contributed by atoms with Gasteiger partial charge in [0.15, 0.2) is 0 Å². The molecule has 288 valence electrons. The molecular formula is C45H84O4. The second-order valence-corrected chi connectivity index (χ2v) is 16.5. The molecular weight excluding hydrogens is 604 g/mol. The van der Waals surface area contributed by atoms with Crippen LogP contribution < -0.4 is 0 Å². The van der Waals surface area contributed by atoms with E-state index in [2.05, 4.69) is 33.8 Å². The molecule has 0 aromatic rings. The third-order valence-corrected chi connectivity index (χ3v) is 10.7. The number of unbranched alkanes of at least 4 members (excludes halogenated alkanes) is 24. The van der Waals surface area contributed by atoms with Crippen molar-refractivity contribution in [3.8, 4) is 0 Å².